The number of nitrogens with zero attached hydrogens (tertiary/aromatic N) is 2. The quantitative estimate of drug-likeness (QED) is 0.458. The minimum absolute atomic E-state index is 0.288. The van der Waals surface area contributed by atoms with Gasteiger partial charge in [-0.15, -0.1) is 0 Å². The van der Waals surface area contributed by atoms with Crippen molar-refractivity contribution in [3.05, 3.63) is 45.4 Å². The number of halogens is 2. The van der Waals surface area contributed by atoms with Crippen LogP contribution in [0.2, 0.25) is 5.28 Å². The Bertz CT molecular complexity index is 425. The highest BCUT2D eigenvalue weighted by Gasteiger charge is 2.02. The molecule has 0 N–H and O–H groups in total. The Kier molecular flexibility index (Phi) is 2.98. The molecule has 1 aromatic carbocycles. The van der Waals surface area contributed by atoms with Crippen molar-refractivity contribution in [2.45, 2.75) is 0 Å². The minimum atomic E-state index is 0.288. The topological polar surface area (TPSA) is 25.8 Å². The second-order valence-corrected chi connectivity index (χ2v) is 4.15. The first-order valence-corrected chi connectivity index (χ1v) is 5.47. The molecule has 0 aliphatic heterocycles. The van der Waals surface area contributed by atoms with E-state index in [0.29, 0.717) is 0 Å². The van der Waals surface area contributed by atoms with Gasteiger partial charge < -0.3 is 0 Å². The fourth-order valence-electron chi connectivity index (χ4n) is 1.15. The normalized spacial score (nSPS) is 10.1. The largest absolute Gasteiger partial charge is 0.223 e. The molecule has 2 rings (SSSR count). The molecule has 0 aliphatic rings. The summed E-state index contributed by atoms with van der Waals surface area (Å²) in [7, 11) is 0. The Morgan fingerprint density at radius 3 is 2.43 bits per heavy atom. The molecule has 1 heterocycles. The van der Waals surface area contributed by atoms with Crippen molar-refractivity contribution in [1.82, 2.24) is 9.97 Å². The fourth-order valence-corrected chi connectivity index (χ4v) is 1.99. The van der Waals surface area contributed by atoms with Crippen LogP contribution in [0.15, 0.2) is 36.4 Å². The lowest BCUT2D eigenvalue weighted by Gasteiger charge is -2.00. The molecule has 0 unspecified atom stereocenters. The zero-order chi connectivity index (χ0) is 9.97. The minimum Gasteiger partial charge on any atom is -0.218 e. The van der Waals surface area contributed by atoms with E-state index in [0.717, 1.165) is 15.0 Å². The molecule has 14 heavy (non-hydrogen) atoms. The summed E-state index contributed by atoms with van der Waals surface area (Å²) in [4.78, 5) is 8.15. The summed E-state index contributed by atoms with van der Waals surface area (Å²) in [5.74, 6) is 0. The highest BCUT2D eigenvalue weighted by Crippen LogP contribution is 2.19. The Morgan fingerprint density at radius 1 is 1.07 bits per heavy atom. The van der Waals surface area contributed by atoms with Crippen molar-refractivity contribution in [1.29, 1.82) is 0 Å². The fraction of sp³-hybridized carbons (Fsp3) is 0. The van der Waals surface area contributed by atoms with Crippen LogP contribution in [-0.4, -0.2) is 9.97 Å². The first-order chi connectivity index (χ1) is 6.75. The molecule has 2 nitrogen and oxygen atoms in total. The van der Waals surface area contributed by atoms with Gasteiger partial charge in [0.1, 0.15) is 3.70 Å². The van der Waals surface area contributed by atoms with Crippen molar-refractivity contribution in [2.24, 2.45) is 0 Å². The molecule has 0 spiro atoms. The number of hydrogen-bond acceptors (Lipinski definition) is 2. The summed E-state index contributed by atoms with van der Waals surface area (Å²) in [5.41, 5.74) is 1.91. The van der Waals surface area contributed by atoms with Crippen LogP contribution in [0.4, 0.5) is 0 Å². The molecule has 1 aromatic heterocycles. The third-order valence-electron chi connectivity index (χ3n) is 1.74. The summed E-state index contributed by atoms with van der Waals surface area (Å²) >= 11 is 7.90. The molecule has 0 saturated carbocycles. The lowest BCUT2D eigenvalue weighted by atomic mass is 10.1. The average Bonchev–Trinajstić information content (AvgIpc) is 2.18. The third kappa shape index (κ3) is 2.22. The van der Waals surface area contributed by atoms with Crippen molar-refractivity contribution >= 4 is 34.2 Å². The van der Waals surface area contributed by atoms with Crippen molar-refractivity contribution in [3.8, 4) is 11.3 Å². The van der Waals surface area contributed by atoms with Crippen LogP contribution < -0.4 is 0 Å². The van der Waals surface area contributed by atoms with Gasteiger partial charge in [-0.1, -0.05) is 30.3 Å². The molecule has 0 fully saturated rings. The predicted molar refractivity (Wildman–Crippen MR) is 65.2 cm³/mol. The first kappa shape index (κ1) is 9.86. The van der Waals surface area contributed by atoms with E-state index < -0.39 is 0 Å². The number of hydrogen-bond donors (Lipinski definition) is 0. The molecular formula is C10H6ClIN2. The van der Waals surface area contributed by atoms with Gasteiger partial charge in [0.05, 0.1) is 5.69 Å². The third-order valence-corrected chi connectivity index (χ3v) is 2.46. The van der Waals surface area contributed by atoms with Crippen LogP contribution in [0, 0.1) is 3.70 Å². The highest BCUT2D eigenvalue weighted by atomic mass is 127. The van der Waals surface area contributed by atoms with Crippen LogP contribution in [0.25, 0.3) is 11.3 Å². The predicted octanol–water partition coefficient (Wildman–Crippen LogP) is 3.40. The van der Waals surface area contributed by atoms with E-state index in [2.05, 4.69) is 32.6 Å². The molecule has 0 aliphatic carbocycles. The molecule has 0 atom stereocenters. The van der Waals surface area contributed by atoms with E-state index >= 15 is 0 Å². The highest BCUT2D eigenvalue weighted by molar-refractivity contribution is 14.1. The molecule has 0 saturated heterocycles. The van der Waals surface area contributed by atoms with Crippen LogP contribution >= 0.6 is 34.2 Å². The van der Waals surface area contributed by atoms with Crippen molar-refractivity contribution in [2.75, 3.05) is 0 Å². The number of benzene rings is 1. The first-order valence-electron chi connectivity index (χ1n) is 4.01. The van der Waals surface area contributed by atoms with Crippen LogP contribution in [0.1, 0.15) is 0 Å². The number of aromatic nitrogens is 2. The van der Waals surface area contributed by atoms with Gasteiger partial charge >= 0.3 is 0 Å². The smallest absolute Gasteiger partial charge is 0.218 e. The zero-order valence-corrected chi connectivity index (χ0v) is 10.0. The average molecular weight is 317 g/mol. The Balaban J connectivity index is 2.52. The van der Waals surface area contributed by atoms with Gasteiger partial charge in [0.25, 0.3) is 0 Å². The maximum Gasteiger partial charge on any atom is 0.223 e. The second-order valence-electron chi connectivity index (χ2n) is 2.71. The molecular weight excluding hydrogens is 310 g/mol. The number of rotatable bonds is 1. The zero-order valence-electron chi connectivity index (χ0n) is 7.11. The van der Waals surface area contributed by atoms with Crippen LogP contribution in [-0.2, 0) is 0 Å². The molecule has 2 aromatic rings. The summed E-state index contributed by atoms with van der Waals surface area (Å²) < 4.78 is 0.849. The van der Waals surface area contributed by atoms with E-state index in [1.165, 1.54) is 0 Å². The molecule has 0 amide bonds. The Hall–Kier alpha value is -0.680. The van der Waals surface area contributed by atoms with E-state index in [1.807, 2.05) is 36.4 Å². The van der Waals surface area contributed by atoms with Gasteiger partial charge in [0.15, 0.2) is 0 Å². The molecule has 0 bridgehead atoms. The summed E-state index contributed by atoms with van der Waals surface area (Å²) in [6, 6.07) is 11.8. The van der Waals surface area contributed by atoms with Crippen molar-refractivity contribution in [3.63, 3.8) is 0 Å². The van der Waals surface area contributed by atoms with Gasteiger partial charge in [0, 0.05) is 5.56 Å². The van der Waals surface area contributed by atoms with Gasteiger partial charge in [0.2, 0.25) is 5.28 Å². The lowest BCUT2D eigenvalue weighted by molar-refractivity contribution is 1.14. The summed E-state index contributed by atoms with van der Waals surface area (Å²) in [6.45, 7) is 0. The molecule has 70 valence electrons. The van der Waals surface area contributed by atoms with Crippen LogP contribution in [0.5, 0.6) is 0 Å². The van der Waals surface area contributed by atoms with E-state index in [4.69, 9.17) is 11.6 Å². The maximum atomic E-state index is 5.77. The second kappa shape index (κ2) is 4.23. The Labute approximate surface area is 100 Å². The molecule has 0 radical (unpaired) electrons. The lowest BCUT2D eigenvalue weighted by Crippen LogP contribution is -1.89. The van der Waals surface area contributed by atoms with Crippen LogP contribution in [0.3, 0.4) is 0 Å². The van der Waals surface area contributed by atoms with E-state index in [-0.39, 0.29) is 5.28 Å². The summed E-state index contributed by atoms with van der Waals surface area (Å²) in [5, 5.41) is 0.288. The van der Waals surface area contributed by atoms with Gasteiger partial charge in [-0.25, -0.2) is 9.97 Å². The standard InChI is InChI=1S/C10H6ClIN2/c11-10-13-8(6-9(12)14-10)7-4-2-1-3-5-7/h1-6H. The molecule has 4 heteroatoms. The Morgan fingerprint density at radius 2 is 1.79 bits per heavy atom. The van der Waals surface area contributed by atoms with Gasteiger partial charge in [-0.2, -0.15) is 0 Å². The van der Waals surface area contributed by atoms with Gasteiger partial charge in [-0.05, 0) is 40.3 Å². The van der Waals surface area contributed by atoms with E-state index in [1.54, 1.807) is 0 Å². The monoisotopic (exact) mass is 316 g/mol. The van der Waals surface area contributed by atoms with Gasteiger partial charge in [-0.3, -0.25) is 0 Å². The maximum absolute atomic E-state index is 5.77. The van der Waals surface area contributed by atoms with E-state index in [9.17, 15) is 0 Å². The summed E-state index contributed by atoms with van der Waals surface area (Å²) in [6.07, 6.45) is 0. The SMILES string of the molecule is Clc1nc(I)cc(-c2ccccc2)n1. The van der Waals surface area contributed by atoms with Crippen molar-refractivity contribution < 1.29 is 0 Å².